The van der Waals surface area contributed by atoms with E-state index in [1.807, 2.05) is 29.5 Å². The van der Waals surface area contributed by atoms with E-state index >= 15 is 0 Å². The number of nitrogens with one attached hydrogen (secondary N) is 2. The van der Waals surface area contributed by atoms with Gasteiger partial charge in [-0.15, -0.1) is 0 Å². The van der Waals surface area contributed by atoms with Crippen LogP contribution in [0, 0.1) is 3.57 Å². The fraction of sp³-hybridized carbons (Fsp3) is 0.333. The van der Waals surface area contributed by atoms with Gasteiger partial charge in [0.25, 0.3) is 11.8 Å². The predicted octanol–water partition coefficient (Wildman–Crippen LogP) is 0.853. The third-order valence-corrected chi connectivity index (χ3v) is 3.67. The second-order valence-corrected chi connectivity index (χ2v) is 5.41. The van der Waals surface area contributed by atoms with Crippen molar-refractivity contribution >= 4 is 40.1 Å². The van der Waals surface area contributed by atoms with Gasteiger partial charge in [0.15, 0.2) is 5.69 Å². The summed E-state index contributed by atoms with van der Waals surface area (Å²) in [5.74, 6) is -0.683. The van der Waals surface area contributed by atoms with Crippen LogP contribution in [0.3, 0.4) is 0 Å². The second-order valence-electron chi connectivity index (χ2n) is 4.25. The van der Waals surface area contributed by atoms with Crippen LogP contribution in [0.5, 0.6) is 0 Å². The largest absolute Gasteiger partial charge is 0.354 e. The predicted molar refractivity (Wildman–Crippen MR) is 85.2 cm³/mol. The second kappa shape index (κ2) is 6.24. The summed E-state index contributed by atoms with van der Waals surface area (Å²) in [5, 5.41) is 13.4. The Kier molecular flexibility index (Phi) is 4.60. The minimum absolute atomic E-state index is 0.185. The minimum Gasteiger partial charge on any atom is -0.354 e. The van der Waals surface area contributed by atoms with Crippen molar-refractivity contribution in [3.05, 3.63) is 27.4 Å². The molecule has 0 unspecified atom stereocenters. The summed E-state index contributed by atoms with van der Waals surface area (Å²) in [4.78, 5) is 24.1. The molecule has 0 saturated carbocycles. The average molecular weight is 402 g/mol. The molecule has 0 spiro atoms. The van der Waals surface area contributed by atoms with Gasteiger partial charge in [-0.25, -0.2) is 0 Å². The Morgan fingerprint density at radius 1 is 1.38 bits per heavy atom. The smallest absolute Gasteiger partial charge is 0.275 e. The van der Waals surface area contributed by atoms with Crippen LogP contribution in [0.15, 0.2) is 12.4 Å². The maximum Gasteiger partial charge on any atom is 0.275 e. The van der Waals surface area contributed by atoms with Crippen molar-refractivity contribution in [2.45, 2.75) is 13.5 Å². The van der Waals surface area contributed by atoms with Crippen molar-refractivity contribution < 1.29 is 9.59 Å². The maximum absolute atomic E-state index is 12.3. The lowest BCUT2D eigenvalue weighted by atomic mass is 10.3. The third-order valence-electron chi connectivity index (χ3n) is 2.89. The van der Waals surface area contributed by atoms with Gasteiger partial charge in [0, 0.05) is 26.8 Å². The molecule has 2 amide bonds. The van der Waals surface area contributed by atoms with E-state index in [0.29, 0.717) is 17.9 Å². The topological polar surface area (TPSA) is 93.8 Å². The van der Waals surface area contributed by atoms with Crippen LogP contribution in [0.4, 0.5) is 5.69 Å². The Morgan fingerprint density at radius 3 is 2.62 bits per heavy atom. The number of rotatable bonds is 4. The van der Waals surface area contributed by atoms with Crippen LogP contribution in [0.2, 0.25) is 0 Å². The summed E-state index contributed by atoms with van der Waals surface area (Å²) >= 11 is 2.04. The fourth-order valence-electron chi connectivity index (χ4n) is 1.81. The highest BCUT2D eigenvalue weighted by Gasteiger charge is 2.21. The number of nitrogens with zero attached hydrogens (tertiary/aromatic N) is 4. The van der Waals surface area contributed by atoms with Crippen molar-refractivity contribution in [1.82, 2.24) is 24.9 Å². The molecule has 0 fully saturated rings. The van der Waals surface area contributed by atoms with E-state index in [1.165, 1.54) is 11.7 Å². The number of amides is 2. The standard InChI is InChI=1S/C12H15IN6O2/c1-4-19-6-8(9(17-19)11(20)14-2)16-12(21)10-7(13)5-15-18(10)3/h5-6H,4H2,1-3H3,(H,14,20)(H,16,21). The Hall–Kier alpha value is -1.91. The molecule has 0 bridgehead atoms. The van der Waals surface area contributed by atoms with Crippen molar-refractivity contribution in [1.29, 1.82) is 0 Å². The molecule has 0 saturated heterocycles. The lowest BCUT2D eigenvalue weighted by Gasteiger charge is -2.05. The minimum atomic E-state index is -0.350. The molecule has 9 heteroatoms. The molecule has 112 valence electrons. The molecule has 0 atom stereocenters. The number of hydrogen-bond donors (Lipinski definition) is 2. The summed E-state index contributed by atoms with van der Waals surface area (Å²) in [5.41, 5.74) is 0.991. The zero-order chi connectivity index (χ0) is 15.6. The highest BCUT2D eigenvalue weighted by atomic mass is 127. The molecule has 2 aromatic rings. The van der Waals surface area contributed by atoms with E-state index in [0.717, 1.165) is 3.57 Å². The van der Waals surface area contributed by atoms with Crippen LogP contribution >= 0.6 is 22.6 Å². The molecule has 0 radical (unpaired) electrons. The van der Waals surface area contributed by atoms with E-state index in [9.17, 15) is 9.59 Å². The highest BCUT2D eigenvalue weighted by Crippen LogP contribution is 2.17. The Balaban J connectivity index is 2.33. The van der Waals surface area contributed by atoms with Crippen LogP contribution in [-0.4, -0.2) is 38.4 Å². The van der Waals surface area contributed by atoms with Gasteiger partial charge in [0.2, 0.25) is 0 Å². The highest BCUT2D eigenvalue weighted by molar-refractivity contribution is 14.1. The van der Waals surface area contributed by atoms with Crippen LogP contribution in [0.25, 0.3) is 0 Å². The van der Waals surface area contributed by atoms with E-state index in [2.05, 4.69) is 20.8 Å². The molecule has 2 rings (SSSR count). The molecular formula is C12H15IN6O2. The zero-order valence-electron chi connectivity index (χ0n) is 11.8. The maximum atomic E-state index is 12.3. The third kappa shape index (κ3) is 3.06. The number of hydrogen-bond acceptors (Lipinski definition) is 4. The number of carbonyl (C=O) groups excluding carboxylic acids is 2. The normalized spacial score (nSPS) is 10.5. The van der Waals surface area contributed by atoms with Gasteiger partial charge in [-0.2, -0.15) is 10.2 Å². The fourth-order valence-corrected chi connectivity index (χ4v) is 2.53. The molecule has 2 N–H and O–H groups in total. The molecule has 0 aliphatic heterocycles. The Labute approximate surface area is 135 Å². The first-order valence-corrected chi connectivity index (χ1v) is 7.34. The van der Waals surface area contributed by atoms with Crippen LogP contribution < -0.4 is 10.6 Å². The number of aryl methyl sites for hydroxylation is 2. The quantitative estimate of drug-likeness (QED) is 0.742. The molecule has 21 heavy (non-hydrogen) atoms. The summed E-state index contributed by atoms with van der Waals surface area (Å²) in [6.45, 7) is 2.50. The van der Waals surface area contributed by atoms with Gasteiger partial charge in [0.05, 0.1) is 15.5 Å². The summed E-state index contributed by atoms with van der Waals surface area (Å²) in [6.07, 6.45) is 3.23. The molecule has 0 aromatic carbocycles. The number of carbonyl (C=O) groups is 2. The summed E-state index contributed by atoms with van der Waals surface area (Å²) < 4.78 is 3.81. The van der Waals surface area contributed by atoms with Gasteiger partial charge in [-0.3, -0.25) is 19.0 Å². The van der Waals surface area contributed by atoms with Gasteiger partial charge in [-0.1, -0.05) is 0 Å². The average Bonchev–Trinajstić information content (AvgIpc) is 3.01. The number of aromatic nitrogens is 4. The number of anilines is 1. The van der Waals surface area contributed by atoms with Crippen LogP contribution in [0.1, 0.15) is 27.9 Å². The Morgan fingerprint density at radius 2 is 2.10 bits per heavy atom. The van der Waals surface area contributed by atoms with Crippen molar-refractivity contribution in [3.63, 3.8) is 0 Å². The van der Waals surface area contributed by atoms with Gasteiger partial charge in [-0.05, 0) is 29.5 Å². The lowest BCUT2D eigenvalue weighted by Crippen LogP contribution is -2.22. The first kappa shape index (κ1) is 15.5. The van der Waals surface area contributed by atoms with E-state index in [1.54, 1.807) is 24.1 Å². The zero-order valence-corrected chi connectivity index (χ0v) is 14.0. The molecule has 2 aromatic heterocycles. The van der Waals surface area contributed by atoms with E-state index in [-0.39, 0.29) is 17.5 Å². The molecule has 0 aliphatic carbocycles. The monoisotopic (exact) mass is 402 g/mol. The van der Waals surface area contributed by atoms with Crippen molar-refractivity contribution in [2.24, 2.45) is 7.05 Å². The van der Waals surface area contributed by atoms with Gasteiger partial charge >= 0.3 is 0 Å². The SMILES string of the molecule is CCn1cc(NC(=O)c2c(I)cnn2C)c(C(=O)NC)n1. The van der Waals surface area contributed by atoms with Gasteiger partial charge < -0.3 is 10.6 Å². The Bertz CT molecular complexity index is 670. The van der Waals surface area contributed by atoms with Gasteiger partial charge in [0.1, 0.15) is 5.69 Å². The van der Waals surface area contributed by atoms with Crippen molar-refractivity contribution in [2.75, 3.05) is 12.4 Å². The summed E-state index contributed by atoms with van der Waals surface area (Å²) in [6, 6.07) is 0. The summed E-state index contributed by atoms with van der Waals surface area (Å²) in [7, 11) is 3.20. The first-order valence-electron chi connectivity index (χ1n) is 6.26. The lowest BCUT2D eigenvalue weighted by molar-refractivity contribution is 0.0958. The number of halogens is 1. The van der Waals surface area contributed by atoms with Crippen LogP contribution in [-0.2, 0) is 13.6 Å². The van der Waals surface area contributed by atoms with E-state index in [4.69, 9.17) is 0 Å². The molecule has 0 aliphatic rings. The molecule has 8 nitrogen and oxygen atoms in total. The molecular weight excluding hydrogens is 387 g/mol. The first-order chi connectivity index (χ1) is 9.97. The molecule has 2 heterocycles. The van der Waals surface area contributed by atoms with Crippen molar-refractivity contribution in [3.8, 4) is 0 Å². The van der Waals surface area contributed by atoms with E-state index < -0.39 is 0 Å².